The van der Waals surface area contributed by atoms with Crippen molar-refractivity contribution in [2.24, 2.45) is 5.73 Å². The lowest BCUT2D eigenvalue weighted by molar-refractivity contribution is 0.284. The highest BCUT2D eigenvalue weighted by atomic mass is 16.5. The Morgan fingerprint density at radius 1 is 1.05 bits per heavy atom. The van der Waals surface area contributed by atoms with Crippen molar-refractivity contribution in [3.05, 3.63) is 53.6 Å². The number of nitrogens with two attached hydrogens (primary N) is 1. The summed E-state index contributed by atoms with van der Waals surface area (Å²) in [5, 5.41) is 7.43. The Balaban J connectivity index is 2.13. The van der Waals surface area contributed by atoms with Crippen LogP contribution >= 0.6 is 0 Å². The van der Waals surface area contributed by atoms with Crippen LogP contribution in [0.3, 0.4) is 0 Å². The molecule has 3 N–H and O–H groups in total. The van der Waals surface area contributed by atoms with Crippen LogP contribution in [0.2, 0.25) is 0 Å². The molecule has 110 valence electrons. The van der Waals surface area contributed by atoms with E-state index < -0.39 is 0 Å². The zero-order valence-electron chi connectivity index (χ0n) is 12.1. The van der Waals surface area contributed by atoms with Gasteiger partial charge in [0.2, 0.25) is 0 Å². The first-order valence-electron chi connectivity index (χ1n) is 6.42. The van der Waals surface area contributed by atoms with Crippen LogP contribution in [0, 0.1) is 5.41 Å². The van der Waals surface area contributed by atoms with E-state index in [0.29, 0.717) is 23.7 Å². The van der Waals surface area contributed by atoms with Crippen LogP contribution in [-0.4, -0.2) is 20.1 Å². The van der Waals surface area contributed by atoms with Gasteiger partial charge in [0.1, 0.15) is 18.2 Å². The van der Waals surface area contributed by atoms with Crippen molar-refractivity contribution in [1.29, 1.82) is 5.41 Å². The van der Waals surface area contributed by atoms with Gasteiger partial charge in [-0.15, -0.1) is 0 Å². The lowest BCUT2D eigenvalue weighted by Crippen LogP contribution is -2.11. The fourth-order valence-electron chi connectivity index (χ4n) is 1.88. The van der Waals surface area contributed by atoms with Crippen LogP contribution in [0.15, 0.2) is 42.5 Å². The van der Waals surface area contributed by atoms with Crippen LogP contribution in [0.1, 0.15) is 11.1 Å². The van der Waals surface area contributed by atoms with E-state index in [4.69, 9.17) is 25.4 Å². The molecule has 0 aliphatic heterocycles. The molecule has 0 heterocycles. The summed E-state index contributed by atoms with van der Waals surface area (Å²) in [5.41, 5.74) is 7.05. The van der Waals surface area contributed by atoms with E-state index in [9.17, 15) is 0 Å². The normalized spacial score (nSPS) is 10.0. The number of nitrogen functional groups attached to an aromatic ring is 1. The molecule has 0 saturated carbocycles. The highest BCUT2D eigenvalue weighted by Crippen LogP contribution is 2.29. The van der Waals surface area contributed by atoms with E-state index in [0.717, 1.165) is 11.3 Å². The predicted octanol–water partition coefficient (Wildman–Crippen LogP) is 2.57. The number of amidine groups is 1. The number of ether oxygens (including phenoxy) is 3. The second-order valence-corrected chi connectivity index (χ2v) is 4.42. The topological polar surface area (TPSA) is 77.6 Å². The Bertz CT molecular complexity index is 641. The molecule has 0 aliphatic carbocycles. The minimum Gasteiger partial charge on any atom is -0.497 e. The van der Waals surface area contributed by atoms with E-state index in [-0.39, 0.29) is 5.84 Å². The SMILES string of the molecule is COc1cccc(COc2ccc(C(=N)N)cc2OC)c1. The molecule has 2 aromatic rings. The van der Waals surface area contributed by atoms with Crippen LogP contribution in [-0.2, 0) is 6.61 Å². The van der Waals surface area contributed by atoms with Crippen LogP contribution in [0.25, 0.3) is 0 Å². The zero-order valence-corrected chi connectivity index (χ0v) is 12.1. The molecule has 0 radical (unpaired) electrons. The first kappa shape index (κ1) is 14.7. The second kappa shape index (κ2) is 6.65. The van der Waals surface area contributed by atoms with Crippen LogP contribution in [0.5, 0.6) is 17.2 Å². The molecular weight excluding hydrogens is 268 g/mol. The number of rotatable bonds is 6. The molecule has 0 fully saturated rings. The highest BCUT2D eigenvalue weighted by Gasteiger charge is 2.08. The van der Waals surface area contributed by atoms with E-state index in [1.165, 1.54) is 0 Å². The van der Waals surface area contributed by atoms with Gasteiger partial charge >= 0.3 is 0 Å². The molecular formula is C16H18N2O3. The maximum absolute atomic E-state index is 7.43. The van der Waals surface area contributed by atoms with Crippen LogP contribution in [0.4, 0.5) is 0 Å². The van der Waals surface area contributed by atoms with Gasteiger partial charge in [0.15, 0.2) is 11.5 Å². The molecule has 2 aromatic carbocycles. The molecule has 0 aromatic heterocycles. The lowest BCUT2D eigenvalue weighted by atomic mass is 10.2. The molecule has 0 spiro atoms. The molecule has 21 heavy (non-hydrogen) atoms. The number of hydrogen-bond acceptors (Lipinski definition) is 4. The minimum atomic E-state index is -0.00681. The quantitative estimate of drug-likeness (QED) is 0.632. The maximum atomic E-state index is 7.43. The van der Waals surface area contributed by atoms with Gasteiger partial charge in [0.05, 0.1) is 14.2 Å². The molecule has 2 rings (SSSR count). The molecule has 0 saturated heterocycles. The summed E-state index contributed by atoms with van der Waals surface area (Å²) in [6, 6.07) is 12.8. The fourth-order valence-corrected chi connectivity index (χ4v) is 1.88. The zero-order chi connectivity index (χ0) is 15.2. The van der Waals surface area contributed by atoms with E-state index >= 15 is 0 Å². The van der Waals surface area contributed by atoms with Crippen LogP contribution < -0.4 is 19.9 Å². The van der Waals surface area contributed by atoms with Gasteiger partial charge in [0, 0.05) is 5.56 Å². The molecule has 0 unspecified atom stereocenters. The Kier molecular flexibility index (Phi) is 4.66. The van der Waals surface area contributed by atoms with Crippen molar-refractivity contribution in [3.8, 4) is 17.2 Å². The van der Waals surface area contributed by atoms with E-state index in [1.807, 2.05) is 24.3 Å². The van der Waals surface area contributed by atoms with Gasteiger partial charge in [0.25, 0.3) is 0 Å². The Morgan fingerprint density at radius 3 is 2.52 bits per heavy atom. The predicted molar refractivity (Wildman–Crippen MR) is 81.3 cm³/mol. The highest BCUT2D eigenvalue weighted by molar-refractivity contribution is 5.95. The van der Waals surface area contributed by atoms with Gasteiger partial charge in [-0.3, -0.25) is 5.41 Å². The Morgan fingerprint density at radius 2 is 1.86 bits per heavy atom. The lowest BCUT2D eigenvalue weighted by Gasteiger charge is -2.12. The molecule has 0 atom stereocenters. The van der Waals surface area contributed by atoms with Crippen molar-refractivity contribution in [3.63, 3.8) is 0 Å². The molecule has 0 aliphatic rings. The monoisotopic (exact) mass is 286 g/mol. The average Bonchev–Trinajstić information content (AvgIpc) is 2.52. The summed E-state index contributed by atoms with van der Waals surface area (Å²) in [7, 11) is 3.18. The van der Waals surface area contributed by atoms with E-state index in [2.05, 4.69) is 0 Å². The molecule has 5 heteroatoms. The van der Waals surface area contributed by atoms with Gasteiger partial charge in [-0.1, -0.05) is 12.1 Å². The Labute approximate surface area is 123 Å². The molecule has 0 amide bonds. The van der Waals surface area contributed by atoms with Crippen molar-refractivity contribution in [2.75, 3.05) is 14.2 Å². The Hall–Kier alpha value is -2.69. The third-order valence-electron chi connectivity index (χ3n) is 3.00. The number of benzene rings is 2. The van der Waals surface area contributed by atoms with Crippen molar-refractivity contribution < 1.29 is 14.2 Å². The smallest absolute Gasteiger partial charge is 0.161 e. The maximum Gasteiger partial charge on any atom is 0.161 e. The summed E-state index contributed by atoms with van der Waals surface area (Å²) in [5.74, 6) is 1.93. The van der Waals surface area contributed by atoms with Gasteiger partial charge in [-0.05, 0) is 35.9 Å². The summed E-state index contributed by atoms with van der Waals surface area (Å²) < 4.78 is 16.2. The van der Waals surface area contributed by atoms with Crippen molar-refractivity contribution in [1.82, 2.24) is 0 Å². The summed E-state index contributed by atoms with van der Waals surface area (Å²) in [4.78, 5) is 0. The fraction of sp³-hybridized carbons (Fsp3) is 0.188. The largest absolute Gasteiger partial charge is 0.497 e. The van der Waals surface area contributed by atoms with Gasteiger partial charge in [-0.2, -0.15) is 0 Å². The summed E-state index contributed by atoms with van der Waals surface area (Å²) in [6.45, 7) is 0.396. The number of hydrogen-bond donors (Lipinski definition) is 2. The first-order valence-corrected chi connectivity index (χ1v) is 6.42. The summed E-state index contributed by atoms with van der Waals surface area (Å²) in [6.07, 6.45) is 0. The molecule has 0 bridgehead atoms. The standard InChI is InChI=1S/C16H18N2O3/c1-19-13-5-3-4-11(8-13)10-21-14-7-6-12(16(17)18)9-15(14)20-2/h3-9H,10H2,1-2H3,(H3,17,18). The third kappa shape index (κ3) is 3.66. The third-order valence-corrected chi connectivity index (χ3v) is 3.00. The second-order valence-electron chi connectivity index (χ2n) is 4.42. The first-order chi connectivity index (χ1) is 10.1. The number of methoxy groups -OCH3 is 2. The van der Waals surface area contributed by atoms with Crippen molar-refractivity contribution >= 4 is 5.84 Å². The van der Waals surface area contributed by atoms with Gasteiger partial charge in [-0.25, -0.2) is 0 Å². The van der Waals surface area contributed by atoms with E-state index in [1.54, 1.807) is 32.4 Å². The number of nitrogens with one attached hydrogen (secondary N) is 1. The van der Waals surface area contributed by atoms with Gasteiger partial charge < -0.3 is 19.9 Å². The van der Waals surface area contributed by atoms with Crippen molar-refractivity contribution in [2.45, 2.75) is 6.61 Å². The summed E-state index contributed by atoms with van der Waals surface area (Å²) >= 11 is 0. The minimum absolute atomic E-state index is 0.00681. The molecule has 5 nitrogen and oxygen atoms in total. The average molecular weight is 286 g/mol.